The van der Waals surface area contributed by atoms with Crippen LogP contribution in [0.3, 0.4) is 0 Å². The zero-order chi connectivity index (χ0) is 59.2. The van der Waals surface area contributed by atoms with Crippen LogP contribution in [0.4, 0.5) is 0 Å². The van der Waals surface area contributed by atoms with Gasteiger partial charge >= 0.3 is 17.9 Å². The van der Waals surface area contributed by atoms with Crippen molar-refractivity contribution in [2.45, 2.75) is 367 Å². The second-order valence-electron chi connectivity index (χ2n) is 23.8. The summed E-state index contributed by atoms with van der Waals surface area (Å²) in [5.41, 5.74) is 0. The van der Waals surface area contributed by atoms with Crippen LogP contribution in [0.25, 0.3) is 0 Å². The lowest BCUT2D eigenvalue weighted by Crippen LogP contribution is -2.30. The summed E-state index contributed by atoms with van der Waals surface area (Å²) >= 11 is 0. The molecule has 0 bridgehead atoms. The normalized spacial score (nSPS) is 12.6. The van der Waals surface area contributed by atoms with Crippen molar-refractivity contribution in [2.75, 3.05) is 13.2 Å². The molecule has 82 heavy (non-hydrogen) atoms. The number of carbonyl (C=O) groups is 3. The van der Waals surface area contributed by atoms with Gasteiger partial charge in [-0.25, -0.2) is 0 Å². The van der Waals surface area contributed by atoms with E-state index in [1.54, 1.807) is 0 Å². The van der Waals surface area contributed by atoms with Gasteiger partial charge in [-0.3, -0.25) is 14.4 Å². The van der Waals surface area contributed by atoms with Crippen LogP contribution in [0, 0.1) is 0 Å². The van der Waals surface area contributed by atoms with Crippen LogP contribution >= 0.6 is 0 Å². The van der Waals surface area contributed by atoms with E-state index >= 15 is 0 Å². The van der Waals surface area contributed by atoms with Gasteiger partial charge in [0.1, 0.15) is 13.2 Å². The van der Waals surface area contributed by atoms with Crippen LogP contribution in [0.1, 0.15) is 361 Å². The Kier molecular flexibility index (Phi) is 67.2. The first-order valence-corrected chi connectivity index (χ1v) is 35.6. The molecule has 0 aromatic heterocycles. The molecular weight excluding hydrogens is 1010 g/mol. The maximum Gasteiger partial charge on any atom is 0.306 e. The Labute approximate surface area is 509 Å². The number of esters is 3. The van der Waals surface area contributed by atoms with E-state index in [0.29, 0.717) is 19.3 Å². The molecule has 0 heterocycles. The van der Waals surface area contributed by atoms with E-state index < -0.39 is 6.10 Å². The van der Waals surface area contributed by atoms with Crippen molar-refractivity contribution in [1.29, 1.82) is 0 Å². The molecule has 6 heteroatoms. The van der Waals surface area contributed by atoms with E-state index in [9.17, 15) is 14.4 Å². The highest BCUT2D eigenvalue weighted by molar-refractivity contribution is 5.71. The van der Waals surface area contributed by atoms with Crippen LogP contribution in [0.5, 0.6) is 0 Å². The summed E-state index contributed by atoms with van der Waals surface area (Å²) in [5.74, 6) is -0.861. The zero-order valence-corrected chi connectivity index (χ0v) is 54.5. The van der Waals surface area contributed by atoms with Crippen LogP contribution in [-0.4, -0.2) is 37.2 Å². The number of carbonyl (C=O) groups excluding carboxylic acids is 3. The minimum absolute atomic E-state index is 0.0743. The highest BCUT2D eigenvalue weighted by Crippen LogP contribution is 2.18. The Morgan fingerprint density at radius 3 is 0.756 bits per heavy atom. The maximum atomic E-state index is 12.9. The molecule has 0 amide bonds. The molecule has 1 atom stereocenters. The summed E-state index contributed by atoms with van der Waals surface area (Å²) < 4.78 is 17.0. The molecular formula is C76H134O6. The fourth-order valence-corrected chi connectivity index (χ4v) is 10.3. The van der Waals surface area contributed by atoms with Crippen LogP contribution in [0.2, 0.25) is 0 Å². The first-order chi connectivity index (χ1) is 40.5. The fourth-order valence-electron chi connectivity index (χ4n) is 10.3. The summed E-state index contributed by atoms with van der Waals surface area (Å²) in [5, 5.41) is 0. The van der Waals surface area contributed by atoms with Crippen LogP contribution < -0.4 is 0 Å². The maximum absolute atomic E-state index is 12.9. The van der Waals surface area contributed by atoms with Crippen LogP contribution in [0.15, 0.2) is 85.1 Å². The molecule has 0 saturated heterocycles. The van der Waals surface area contributed by atoms with Gasteiger partial charge in [-0.15, -0.1) is 0 Å². The highest BCUT2D eigenvalue weighted by atomic mass is 16.6. The average Bonchev–Trinajstić information content (AvgIpc) is 3.47. The molecule has 474 valence electrons. The highest BCUT2D eigenvalue weighted by Gasteiger charge is 2.19. The molecule has 0 aromatic rings. The van der Waals surface area contributed by atoms with Crippen molar-refractivity contribution in [2.24, 2.45) is 0 Å². The minimum atomic E-state index is -0.779. The van der Waals surface area contributed by atoms with Crippen molar-refractivity contribution in [3.05, 3.63) is 85.1 Å². The summed E-state index contributed by atoms with van der Waals surface area (Å²) in [6.45, 7) is 6.56. The monoisotopic (exact) mass is 1140 g/mol. The van der Waals surface area contributed by atoms with Crippen LogP contribution in [-0.2, 0) is 28.6 Å². The number of allylic oxidation sites excluding steroid dienone is 14. The number of rotatable bonds is 65. The van der Waals surface area contributed by atoms with Crippen molar-refractivity contribution in [1.82, 2.24) is 0 Å². The topological polar surface area (TPSA) is 78.9 Å². The predicted molar refractivity (Wildman–Crippen MR) is 358 cm³/mol. The molecule has 0 aromatic carbocycles. The van der Waals surface area contributed by atoms with Gasteiger partial charge in [0.25, 0.3) is 0 Å². The van der Waals surface area contributed by atoms with Gasteiger partial charge in [-0.1, -0.05) is 331 Å². The summed E-state index contributed by atoms with van der Waals surface area (Å²) in [6.07, 6.45) is 93.2. The molecule has 1 unspecified atom stereocenters. The lowest BCUT2D eigenvalue weighted by atomic mass is 10.0. The van der Waals surface area contributed by atoms with Gasteiger partial charge in [0.2, 0.25) is 0 Å². The Hall–Kier alpha value is -3.41. The molecule has 0 rings (SSSR count). The summed E-state index contributed by atoms with van der Waals surface area (Å²) in [4.78, 5) is 38.4. The van der Waals surface area contributed by atoms with Gasteiger partial charge in [0.05, 0.1) is 0 Å². The molecule has 0 aliphatic rings. The Bertz CT molecular complexity index is 1550. The van der Waals surface area contributed by atoms with Gasteiger partial charge in [0.15, 0.2) is 6.10 Å². The molecule has 0 N–H and O–H groups in total. The van der Waals surface area contributed by atoms with Crippen molar-refractivity contribution in [3.63, 3.8) is 0 Å². The fraction of sp³-hybridized carbons (Fsp3) is 0.776. The molecule has 6 nitrogen and oxygen atoms in total. The smallest absolute Gasteiger partial charge is 0.306 e. The third kappa shape index (κ3) is 67.4. The first kappa shape index (κ1) is 78.6. The minimum Gasteiger partial charge on any atom is -0.462 e. The molecule has 0 saturated carbocycles. The largest absolute Gasteiger partial charge is 0.462 e. The third-order valence-corrected chi connectivity index (χ3v) is 15.6. The van der Waals surface area contributed by atoms with Gasteiger partial charge in [-0.2, -0.15) is 0 Å². The molecule has 0 aliphatic carbocycles. The first-order valence-electron chi connectivity index (χ1n) is 35.6. The van der Waals surface area contributed by atoms with E-state index in [0.717, 1.165) is 103 Å². The Morgan fingerprint density at radius 1 is 0.256 bits per heavy atom. The number of hydrogen-bond donors (Lipinski definition) is 0. The van der Waals surface area contributed by atoms with Gasteiger partial charge in [0, 0.05) is 19.3 Å². The second kappa shape index (κ2) is 70.1. The van der Waals surface area contributed by atoms with Gasteiger partial charge in [-0.05, 0) is 96.3 Å². The van der Waals surface area contributed by atoms with E-state index in [1.807, 2.05) is 0 Å². The molecule has 0 radical (unpaired) electrons. The standard InChI is InChI=1S/C76H134O6/c1-4-7-10-13-16-19-22-25-28-30-32-33-34-35-36-37-38-39-40-41-42-43-44-46-48-51-54-57-60-63-66-69-75(78)81-72-73(71-80-74(77)68-65-62-59-56-53-50-47-27-24-21-18-15-12-9-6-3)82-76(79)70-67-64-61-58-55-52-49-45-31-29-26-23-20-17-14-11-8-5-2/h7,10,16,19-20,23,25,28-29,31-33,35-36,73H,4-6,8-9,11-15,17-18,21-22,24,26-27,30,34,37-72H2,1-3H3/b10-7-,19-16-,23-20-,28-25-,31-29-,33-32-,36-35-. The lowest BCUT2D eigenvalue weighted by molar-refractivity contribution is -0.167. The summed E-state index contributed by atoms with van der Waals surface area (Å²) in [6, 6.07) is 0. The molecule has 0 aliphatic heterocycles. The van der Waals surface area contributed by atoms with E-state index in [1.165, 1.54) is 218 Å². The summed E-state index contributed by atoms with van der Waals surface area (Å²) in [7, 11) is 0. The Balaban J connectivity index is 4.24. The zero-order valence-electron chi connectivity index (χ0n) is 54.5. The quantitative estimate of drug-likeness (QED) is 0.0261. The Morgan fingerprint density at radius 2 is 0.476 bits per heavy atom. The number of ether oxygens (including phenoxy) is 3. The average molecular weight is 1140 g/mol. The van der Waals surface area contributed by atoms with E-state index in [-0.39, 0.29) is 31.1 Å². The van der Waals surface area contributed by atoms with E-state index in [4.69, 9.17) is 14.2 Å². The van der Waals surface area contributed by atoms with Crippen molar-refractivity contribution in [3.8, 4) is 0 Å². The number of hydrogen-bond acceptors (Lipinski definition) is 6. The van der Waals surface area contributed by atoms with Crippen molar-refractivity contribution >= 4 is 17.9 Å². The molecule has 0 spiro atoms. The molecule has 0 fully saturated rings. The SMILES string of the molecule is CC/C=C\C/C=C\C/C=C\C/C=C\C/C=C\CCCCCCCCCCCCCCCCCC(=O)OCC(COC(=O)CCCCCCCCCCCCCCCCC)OC(=O)CCCCCCCCC/C=C\C/C=C\CCCCCC. The van der Waals surface area contributed by atoms with Gasteiger partial charge < -0.3 is 14.2 Å². The lowest BCUT2D eigenvalue weighted by Gasteiger charge is -2.18. The predicted octanol–water partition coefficient (Wildman–Crippen LogP) is 24.6. The third-order valence-electron chi connectivity index (χ3n) is 15.6. The van der Waals surface area contributed by atoms with E-state index in [2.05, 4.69) is 106 Å². The van der Waals surface area contributed by atoms with Crippen molar-refractivity contribution < 1.29 is 28.6 Å². The second-order valence-corrected chi connectivity index (χ2v) is 23.8. The number of unbranched alkanes of at least 4 members (excludes halogenated alkanes) is 40.